The molecule has 2 aromatic carbocycles. The molecule has 2 aromatic rings. The summed E-state index contributed by atoms with van der Waals surface area (Å²) in [5.41, 5.74) is 1.64. The van der Waals surface area contributed by atoms with Crippen LogP contribution in [-0.4, -0.2) is 40.0 Å². The summed E-state index contributed by atoms with van der Waals surface area (Å²) in [5.74, 6) is 0. The molecule has 162 valence electrons. The van der Waals surface area contributed by atoms with Crippen molar-refractivity contribution < 1.29 is 19.7 Å². The average Bonchev–Trinajstić information content (AvgIpc) is 2.72. The van der Waals surface area contributed by atoms with E-state index in [4.69, 9.17) is 4.74 Å². The van der Waals surface area contributed by atoms with Crippen LogP contribution in [0.25, 0.3) is 0 Å². The predicted octanol–water partition coefficient (Wildman–Crippen LogP) is 4.57. The maximum absolute atomic E-state index is 13.0. The van der Waals surface area contributed by atoms with Crippen molar-refractivity contribution in [1.29, 1.82) is 0 Å². The van der Waals surface area contributed by atoms with Crippen molar-refractivity contribution in [3.63, 3.8) is 0 Å². The van der Waals surface area contributed by atoms with Gasteiger partial charge in [0.25, 0.3) is 0 Å². The van der Waals surface area contributed by atoms with Crippen molar-refractivity contribution in [1.82, 2.24) is 4.90 Å². The number of rotatable bonds is 8. The Balaban J connectivity index is 1.74. The molecule has 0 aromatic heterocycles. The van der Waals surface area contributed by atoms with Crippen LogP contribution in [0.1, 0.15) is 62.8 Å². The van der Waals surface area contributed by atoms with E-state index < -0.39 is 11.2 Å². The van der Waals surface area contributed by atoms with Gasteiger partial charge in [-0.3, -0.25) is 0 Å². The molecule has 30 heavy (non-hydrogen) atoms. The Bertz CT molecular complexity index is 828. The van der Waals surface area contributed by atoms with Crippen LogP contribution in [0.4, 0.5) is 4.79 Å². The highest BCUT2D eigenvalue weighted by Crippen LogP contribution is 2.40. The van der Waals surface area contributed by atoms with Gasteiger partial charge in [0.05, 0.1) is 11.6 Å². The first-order valence-electron chi connectivity index (χ1n) is 10.7. The molecule has 5 heteroatoms. The number of aliphatic hydroxyl groups is 2. The molecule has 0 bridgehead atoms. The van der Waals surface area contributed by atoms with Gasteiger partial charge in [-0.25, -0.2) is 4.79 Å². The second kappa shape index (κ2) is 9.19. The third kappa shape index (κ3) is 5.21. The standard InChI is InChI=1S/C25H33NO4/c1-19(21-12-10-20(11-13-21)18-24(2,3)29)26-16-15-25(14-7-17-27,30-23(26)28)22-8-5-4-6-9-22/h4-6,8-13,19,27,29H,7,14-18H2,1-3H3/t19-,25?/m0/s1. The van der Waals surface area contributed by atoms with E-state index in [1.807, 2.05) is 61.5 Å². The van der Waals surface area contributed by atoms with Crippen LogP contribution in [-0.2, 0) is 16.8 Å². The number of amides is 1. The minimum atomic E-state index is -0.751. The minimum absolute atomic E-state index is 0.0727. The molecule has 1 aliphatic heterocycles. The van der Waals surface area contributed by atoms with E-state index in [-0.39, 0.29) is 18.7 Å². The maximum Gasteiger partial charge on any atom is 0.411 e. The van der Waals surface area contributed by atoms with Crippen LogP contribution in [0.5, 0.6) is 0 Å². The average molecular weight is 412 g/mol. The van der Waals surface area contributed by atoms with Gasteiger partial charge < -0.3 is 19.8 Å². The SMILES string of the molecule is C[C@@H](c1ccc(CC(C)(C)O)cc1)N1CCC(CCCO)(c2ccccc2)OC1=O. The highest BCUT2D eigenvalue weighted by Gasteiger charge is 2.43. The Morgan fingerprint density at radius 1 is 1.13 bits per heavy atom. The van der Waals surface area contributed by atoms with Gasteiger partial charge in [-0.15, -0.1) is 0 Å². The molecule has 1 heterocycles. The molecule has 1 aliphatic rings. The number of hydrogen-bond acceptors (Lipinski definition) is 4. The number of ether oxygens (including phenoxy) is 1. The zero-order valence-corrected chi connectivity index (χ0v) is 18.2. The van der Waals surface area contributed by atoms with E-state index >= 15 is 0 Å². The first-order chi connectivity index (χ1) is 14.2. The van der Waals surface area contributed by atoms with Crippen molar-refractivity contribution >= 4 is 6.09 Å². The molecule has 3 rings (SSSR count). The lowest BCUT2D eigenvalue weighted by molar-refractivity contribution is -0.0680. The zero-order valence-electron chi connectivity index (χ0n) is 18.2. The number of cyclic esters (lactones) is 1. The van der Waals surface area contributed by atoms with Gasteiger partial charge in [0.2, 0.25) is 0 Å². The lowest BCUT2D eigenvalue weighted by Crippen LogP contribution is -2.48. The Kier molecular flexibility index (Phi) is 6.84. The monoisotopic (exact) mass is 411 g/mol. The summed E-state index contributed by atoms with van der Waals surface area (Å²) in [7, 11) is 0. The highest BCUT2D eigenvalue weighted by atomic mass is 16.6. The van der Waals surface area contributed by atoms with Crippen molar-refractivity contribution in [2.45, 2.75) is 63.7 Å². The third-order valence-corrected chi connectivity index (χ3v) is 5.88. The molecule has 0 spiro atoms. The number of aliphatic hydroxyl groups excluding tert-OH is 1. The van der Waals surface area contributed by atoms with Crippen LogP contribution in [0.15, 0.2) is 54.6 Å². The molecule has 0 aliphatic carbocycles. The number of carbonyl (C=O) groups is 1. The molecular weight excluding hydrogens is 378 g/mol. The summed E-state index contributed by atoms with van der Waals surface area (Å²) in [5, 5.41) is 19.3. The van der Waals surface area contributed by atoms with Crippen molar-refractivity contribution in [3.05, 3.63) is 71.3 Å². The van der Waals surface area contributed by atoms with Crippen LogP contribution < -0.4 is 0 Å². The van der Waals surface area contributed by atoms with E-state index in [2.05, 4.69) is 0 Å². The molecular formula is C25H33NO4. The molecule has 1 amide bonds. The molecule has 1 unspecified atom stereocenters. The van der Waals surface area contributed by atoms with Crippen LogP contribution >= 0.6 is 0 Å². The maximum atomic E-state index is 13.0. The second-order valence-electron chi connectivity index (χ2n) is 8.91. The van der Waals surface area contributed by atoms with E-state index in [9.17, 15) is 15.0 Å². The lowest BCUT2D eigenvalue weighted by Gasteiger charge is -2.43. The normalized spacial score (nSPS) is 20.7. The summed E-state index contributed by atoms with van der Waals surface area (Å²) in [6.45, 7) is 6.26. The number of nitrogens with zero attached hydrogens (tertiary/aromatic N) is 1. The highest BCUT2D eigenvalue weighted by molar-refractivity contribution is 5.70. The van der Waals surface area contributed by atoms with Crippen molar-refractivity contribution in [3.8, 4) is 0 Å². The fourth-order valence-corrected chi connectivity index (χ4v) is 4.24. The fraction of sp³-hybridized carbons (Fsp3) is 0.480. The topological polar surface area (TPSA) is 70.0 Å². The van der Waals surface area contributed by atoms with Crippen LogP contribution in [0.2, 0.25) is 0 Å². The smallest absolute Gasteiger partial charge is 0.411 e. The van der Waals surface area contributed by atoms with Crippen molar-refractivity contribution in [2.75, 3.05) is 13.2 Å². The number of carbonyl (C=O) groups excluding carboxylic acids is 1. The van der Waals surface area contributed by atoms with Crippen molar-refractivity contribution in [2.24, 2.45) is 0 Å². The molecule has 2 N–H and O–H groups in total. The molecule has 1 fully saturated rings. The Morgan fingerprint density at radius 2 is 1.80 bits per heavy atom. The minimum Gasteiger partial charge on any atom is -0.438 e. The molecule has 5 nitrogen and oxygen atoms in total. The summed E-state index contributed by atoms with van der Waals surface area (Å²) in [6.07, 6.45) is 2.13. The molecule has 2 atom stereocenters. The Labute approximate surface area is 179 Å². The lowest BCUT2D eigenvalue weighted by atomic mass is 9.84. The first kappa shape index (κ1) is 22.3. The van der Waals surface area contributed by atoms with Gasteiger partial charge in [0.1, 0.15) is 5.60 Å². The zero-order chi connectivity index (χ0) is 21.8. The van der Waals surface area contributed by atoms with Crippen LogP contribution in [0, 0.1) is 0 Å². The first-order valence-corrected chi connectivity index (χ1v) is 10.7. The van der Waals surface area contributed by atoms with E-state index in [0.29, 0.717) is 32.2 Å². The fourth-order valence-electron chi connectivity index (χ4n) is 4.24. The second-order valence-corrected chi connectivity index (χ2v) is 8.91. The molecule has 0 saturated carbocycles. The molecule has 0 radical (unpaired) electrons. The summed E-state index contributed by atoms with van der Waals surface area (Å²) in [6, 6.07) is 17.8. The van der Waals surface area contributed by atoms with Gasteiger partial charge in [0, 0.05) is 26.0 Å². The van der Waals surface area contributed by atoms with Gasteiger partial charge in [-0.1, -0.05) is 54.6 Å². The largest absolute Gasteiger partial charge is 0.438 e. The summed E-state index contributed by atoms with van der Waals surface area (Å²) < 4.78 is 6.05. The third-order valence-electron chi connectivity index (χ3n) is 5.88. The Morgan fingerprint density at radius 3 is 2.37 bits per heavy atom. The predicted molar refractivity (Wildman–Crippen MR) is 117 cm³/mol. The van der Waals surface area contributed by atoms with Gasteiger partial charge in [-0.05, 0) is 50.3 Å². The summed E-state index contributed by atoms with van der Waals surface area (Å²) >= 11 is 0. The number of hydrogen-bond donors (Lipinski definition) is 2. The Hall–Kier alpha value is -2.37. The van der Waals surface area contributed by atoms with Gasteiger partial charge in [0.15, 0.2) is 0 Å². The van der Waals surface area contributed by atoms with E-state index in [0.717, 1.165) is 16.7 Å². The van der Waals surface area contributed by atoms with Crippen LogP contribution in [0.3, 0.4) is 0 Å². The quantitative estimate of drug-likeness (QED) is 0.667. The van der Waals surface area contributed by atoms with Gasteiger partial charge in [-0.2, -0.15) is 0 Å². The van der Waals surface area contributed by atoms with Gasteiger partial charge >= 0.3 is 6.09 Å². The summed E-state index contributed by atoms with van der Waals surface area (Å²) in [4.78, 5) is 14.8. The van der Waals surface area contributed by atoms with E-state index in [1.54, 1.807) is 18.7 Å². The van der Waals surface area contributed by atoms with E-state index in [1.165, 1.54) is 0 Å². The molecule has 1 saturated heterocycles. The number of benzene rings is 2.